The highest BCUT2D eigenvalue weighted by molar-refractivity contribution is 5.99. The van der Waals surface area contributed by atoms with Gasteiger partial charge in [-0.15, -0.1) is 0 Å². The van der Waals surface area contributed by atoms with E-state index in [2.05, 4.69) is 155 Å². The SMILES string of the molecule is Cc1ccccc1-c1cccc(N(c2ccc3c(c2)C(C)(C)c2ccccc2-3)c2ccc3c(c2)C(C)(C)c2ccccc2-3)c1C=O. The maximum Gasteiger partial charge on any atom is 0.152 e. The van der Waals surface area contributed by atoms with Crippen LogP contribution in [-0.4, -0.2) is 6.29 Å². The number of aldehydes is 1. The monoisotopic (exact) mass is 595 g/mol. The van der Waals surface area contributed by atoms with Crippen LogP contribution in [0.1, 0.15) is 65.9 Å². The van der Waals surface area contributed by atoms with Crippen molar-refractivity contribution in [3.63, 3.8) is 0 Å². The van der Waals surface area contributed by atoms with Crippen LogP contribution in [-0.2, 0) is 10.8 Å². The second-order valence-electron chi connectivity index (χ2n) is 13.8. The van der Waals surface area contributed by atoms with Gasteiger partial charge in [-0.05, 0) is 98.5 Å². The van der Waals surface area contributed by atoms with Crippen LogP contribution in [0.3, 0.4) is 0 Å². The summed E-state index contributed by atoms with van der Waals surface area (Å²) in [6.45, 7) is 11.4. The van der Waals surface area contributed by atoms with Gasteiger partial charge < -0.3 is 4.90 Å². The number of fused-ring (bicyclic) bond motifs is 6. The van der Waals surface area contributed by atoms with Gasteiger partial charge in [0, 0.05) is 27.8 Å². The first-order valence-electron chi connectivity index (χ1n) is 16.1. The quantitative estimate of drug-likeness (QED) is 0.185. The third kappa shape index (κ3) is 3.99. The molecule has 0 saturated heterocycles. The molecule has 0 heterocycles. The lowest BCUT2D eigenvalue weighted by Gasteiger charge is -2.31. The van der Waals surface area contributed by atoms with Crippen LogP contribution in [0.2, 0.25) is 0 Å². The number of anilines is 3. The van der Waals surface area contributed by atoms with Crippen molar-refractivity contribution < 1.29 is 4.79 Å². The molecular weight excluding hydrogens is 558 g/mol. The number of nitrogens with zero attached hydrogens (tertiary/aromatic N) is 1. The van der Waals surface area contributed by atoms with E-state index in [-0.39, 0.29) is 10.8 Å². The van der Waals surface area contributed by atoms with Crippen molar-refractivity contribution in [3.05, 3.63) is 161 Å². The first kappa shape index (κ1) is 28.3. The van der Waals surface area contributed by atoms with Gasteiger partial charge >= 0.3 is 0 Å². The third-order valence-electron chi connectivity index (χ3n) is 10.5. The van der Waals surface area contributed by atoms with Crippen LogP contribution in [0.4, 0.5) is 17.1 Å². The zero-order chi connectivity index (χ0) is 31.8. The molecule has 2 nitrogen and oxygen atoms in total. The Morgan fingerprint density at radius 3 is 1.46 bits per heavy atom. The Hall–Kier alpha value is -5.21. The number of rotatable bonds is 5. The van der Waals surface area contributed by atoms with Crippen LogP contribution in [0.5, 0.6) is 0 Å². The van der Waals surface area contributed by atoms with Crippen LogP contribution in [0.15, 0.2) is 127 Å². The van der Waals surface area contributed by atoms with Crippen LogP contribution in [0, 0.1) is 6.92 Å². The van der Waals surface area contributed by atoms with Crippen molar-refractivity contribution in [1.82, 2.24) is 0 Å². The van der Waals surface area contributed by atoms with E-state index in [4.69, 9.17) is 0 Å². The van der Waals surface area contributed by atoms with Crippen molar-refractivity contribution in [1.29, 1.82) is 0 Å². The van der Waals surface area contributed by atoms with Crippen molar-refractivity contribution in [2.24, 2.45) is 0 Å². The Kier molecular flexibility index (Phi) is 6.24. The van der Waals surface area contributed by atoms with E-state index in [1.165, 1.54) is 44.5 Å². The lowest BCUT2D eigenvalue weighted by atomic mass is 9.82. The maximum absolute atomic E-state index is 13.2. The second kappa shape index (κ2) is 10.2. The zero-order valence-corrected chi connectivity index (χ0v) is 27.1. The summed E-state index contributed by atoms with van der Waals surface area (Å²) in [6, 6.07) is 45.7. The molecule has 0 amide bonds. The van der Waals surface area contributed by atoms with Gasteiger partial charge in [-0.2, -0.15) is 0 Å². The third-order valence-corrected chi connectivity index (χ3v) is 10.5. The molecule has 6 aromatic rings. The molecule has 0 atom stereocenters. The fourth-order valence-corrected chi connectivity index (χ4v) is 8.07. The fraction of sp³-hybridized carbons (Fsp3) is 0.159. The molecule has 0 N–H and O–H groups in total. The topological polar surface area (TPSA) is 20.3 Å². The number of carbonyl (C=O) groups excluding carboxylic acids is 1. The summed E-state index contributed by atoms with van der Waals surface area (Å²) in [5, 5.41) is 0. The van der Waals surface area contributed by atoms with Gasteiger partial charge in [0.1, 0.15) is 0 Å². The molecule has 0 fully saturated rings. The van der Waals surface area contributed by atoms with Gasteiger partial charge in [-0.1, -0.05) is 125 Å². The molecule has 6 aromatic carbocycles. The van der Waals surface area contributed by atoms with Crippen molar-refractivity contribution in [2.75, 3.05) is 4.90 Å². The van der Waals surface area contributed by atoms with Crippen LogP contribution in [0.25, 0.3) is 33.4 Å². The molecule has 0 aromatic heterocycles. The van der Waals surface area contributed by atoms with Gasteiger partial charge in [-0.25, -0.2) is 0 Å². The number of hydrogen-bond acceptors (Lipinski definition) is 2. The van der Waals surface area contributed by atoms with E-state index in [1.54, 1.807) is 0 Å². The highest BCUT2D eigenvalue weighted by Crippen LogP contribution is 2.53. The van der Waals surface area contributed by atoms with Gasteiger partial charge in [0.2, 0.25) is 0 Å². The van der Waals surface area contributed by atoms with Gasteiger partial charge in [-0.3, -0.25) is 4.79 Å². The Balaban J connectivity index is 1.38. The van der Waals surface area contributed by atoms with Crippen molar-refractivity contribution >= 4 is 23.3 Å². The van der Waals surface area contributed by atoms with Gasteiger partial charge in [0.05, 0.1) is 5.69 Å². The summed E-state index contributed by atoms with van der Waals surface area (Å²) in [4.78, 5) is 15.4. The van der Waals surface area contributed by atoms with Gasteiger partial charge in [0.25, 0.3) is 0 Å². The minimum absolute atomic E-state index is 0.147. The Labute approximate surface area is 272 Å². The number of hydrogen-bond donors (Lipinski definition) is 0. The average molecular weight is 596 g/mol. The molecule has 0 spiro atoms. The highest BCUT2D eigenvalue weighted by Gasteiger charge is 2.38. The minimum atomic E-state index is -0.147. The predicted molar refractivity (Wildman–Crippen MR) is 192 cm³/mol. The largest absolute Gasteiger partial charge is 0.310 e. The fourth-order valence-electron chi connectivity index (χ4n) is 8.07. The van der Waals surface area contributed by atoms with E-state index in [0.717, 1.165) is 40.0 Å². The lowest BCUT2D eigenvalue weighted by molar-refractivity contribution is 0.112. The summed E-state index contributed by atoms with van der Waals surface area (Å²) in [5.41, 5.74) is 16.9. The normalized spacial score (nSPS) is 14.6. The van der Waals surface area contributed by atoms with E-state index >= 15 is 0 Å². The molecule has 0 saturated carbocycles. The first-order chi connectivity index (χ1) is 22.2. The standard InChI is InChI=1S/C44H37NO/c1-28-13-6-7-14-31(28)32-17-12-20-42(37(32)27-46)45(29-21-23-35-33-15-8-10-18-38(33)43(2,3)40(35)25-29)30-22-24-36-34-16-9-11-19-39(34)44(4,5)41(36)26-30/h6-27H,1-5H3. The van der Waals surface area contributed by atoms with E-state index in [9.17, 15) is 4.79 Å². The summed E-state index contributed by atoms with van der Waals surface area (Å²) in [6.07, 6.45) is 1.03. The minimum Gasteiger partial charge on any atom is -0.310 e. The van der Waals surface area contributed by atoms with Crippen molar-refractivity contribution in [3.8, 4) is 33.4 Å². The Morgan fingerprint density at radius 2 is 0.935 bits per heavy atom. The molecule has 8 rings (SSSR count). The molecule has 2 aliphatic carbocycles. The van der Waals surface area contributed by atoms with E-state index in [0.29, 0.717) is 5.56 Å². The van der Waals surface area contributed by atoms with Crippen molar-refractivity contribution in [2.45, 2.75) is 45.4 Å². The molecule has 0 radical (unpaired) electrons. The summed E-state index contributed by atoms with van der Waals surface area (Å²) in [5.74, 6) is 0. The van der Waals surface area contributed by atoms with Crippen LogP contribution >= 0.6 is 0 Å². The van der Waals surface area contributed by atoms with E-state index < -0.39 is 0 Å². The van der Waals surface area contributed by atoms with E-state index in [1.807, 2.05) is 12.1 Å². The summed E-state index contributed by atoms with van der Waals surface area (Å²) in [7, 11) is 0. The molecule has 0 unspecified atom stereocenters. The molecule has 2 aliphatic rings. The zero-order valence-electron chi connectivity index (χ0n) is 27.1. The maximum atomic E-state index is 13.2. The molecule has 2 heteroatoms. The Bertz CT molecular complexity index is 2090. The molecular formula is C44H37NO. The average Bonchev–Trinajstić information content (AvgIpc) is 3.44. The Morgan fingerprint density at radius 1 is 0.478 bits per heavy atom. The predicted octanol–water partition coefficient (Wildman–Crippen LogP) is 11.6. The summed E-state index contributed by atoms with van der Waals surface area (Å²) < 4.78 is 0. The number of benzene rings is 6. The number of aryl methyl sites for hydroxylation is 1. The first-order valence-corrected chi connectivity index (χ1v) is 16.1. The van der Waals surface area contributed by atoms with Gasteiger partial charge in [0.15, 0.2) is 6.29 Å². The molecule has 0 aliphatic heterocycles. The lowest BCUT2D eigenvalue weighted by Crippen LogP contribution is -2.18. The van der Waals surface area contributed by atoms with Crippen LogP contribution < -0.4 is 4.90 Å². The smallest absolute Gasteiger partial charge is 0.152 e. The second-order valence-corrected chi connectivity index (χ2v) is 13.8. The molecule has 46 heavy (non-hydrogen) atoms. The molecule has 224 valence electrons. The molecule has 0 bridgehead atoms. The number of carbonyl (C=O) groups is 1. The summed E-state index contributed by atoms with van der Waals surface area (Å²) >= 11 is 0. The highest BCUT2D eigenvalue weighted by atomic mass is 16.1.